The molecular weight excluding hydrogens is 621 g/mol. The number of alkyl halides is 6. The van der Waals surface area contributed by atoms with Gasteiger partial charge in [0.1, 0.15) is 0 Å². The van der Waals surface area contributed by atoms with Gasteiger partial charge in [0.15, 0.2) is 10.2 Å². The molecule has 2 N–H and O–H groups in total. The molecule has 0 aliphatic rings. The van der Waals surface area contributed by atoms with Gasteiger partial charge >= 0.3 is 12.4 Å². The van der Waals surface area contributed by atoms with E-state index in [4.69, 9.17) is 5.14 Å². The lowest BCUT2D eigenvalue weighted by Gasteiger charge is -2.13. The van der Waals surface area contributed by atoms with Gasteiger partial charge in [-0.3, -0.25) is 4.57 Å². The van der Waals surface area contributed by atoms with Crippen LogP contribution in [0.3, 0.4) is 0 Å². The number of thiophene rings is 1. The smallest absolute Gasteiger partial charge is 0.269 e. The highest BCUT2D eigenvalue weighted by molar-refractivity contribution is 8.00. The highest BCUT2D eigenvalue weighted by atomic mass is 32.2. The summed E-state index contributed by atoms with van der Waals surface area (Å²) in [6, 6.07) is 10.5. The van der Waals surface area contributed by atoms with Crippen LogP contribution in [-0.2, 0) is 22.4 Å². The molecule has 0 bridgehead atoms. The minimum atomic E-state index is -4.99. The summed E-state index contributed by atoms with van der Waals surface area (Å²) in [5.74, 6) is 0.422. The Morgan fingerprint density at radius 2 is 1.52 bits per heavy atom. The average molecular weight is 634 g/mol. The molecular formula is C23H13F6N5O2S4. The van der Waals surface area contributed by atoms with Gasteiger partial charge < -0.3 is 0 Å². The van der Waals surface area contributed by atoms with Crippen molar-refractivity contribution in [2.75, 3.05) is 0 Å². The van der Waals surface area contributed by atoms with E-state index in [2.05, 4.69) is 15.2 Å². The molecule has 17 heteroatoms. The van der Waals surface area contributed by atoms with Gasteiger partial charge in [-0.2, -0.15) is 26.3 Å². The van der Waals surface area contributed by atoms with Gasteiger partial charge in [0.25, 0.3) is 0 Å². The summed E-state index contributed by atoms with van der Waals surface area (Å²) in [4.78, 5) is 4.87. The molecule has 0 amide bonds. The van der Waals surface area contributed by atoms with Gasteiger partial charge in [0.05, 0.1) is 26.6 Å². The minimum absolute atomic E-state index is 0.0568. The first-order valence-corrected chi connectivity index (χ1v) is 14.9. The van der Waals surface area contributed by atoms with Crippen molar-refractivity contribution < 1.29 is 34.8 Å². The molecule has 40 heavy (non-hydrogen) atoms. The topological polar surface area (TPSA) is 104 Å². The van der Waals surface area contributed by atoms with E-state index in [9.17, 15) is 34.8 Å². The second-order valence-electron chi connectivity index (χ2n) is 8.05. The van der Waals surface area contributed by atoms with Crippen molar-refractivity contribution in [3.63, 3.8) is 0 Å². The molecule has 0 atom stereocenters. The normalized spacial score (nSPS) is 12.7. The zero-order chi connectivity index (χ0) is 28.9. The van der Waals surface area contributed by atoms with Gasteiger partial charge in [-0.05, 0) is 65.7 Å². The monoisotopic (exact) mass is 633 g/mol. The predicted octanol–water partition coefficient (Wildman–Crippen LogP) is 6.96. The van der Waals surface area contributed by atoms with E-state index in [0.29, 0.717) is 23.6 Å². The van der Waals surface area contributed by atoms with E-state index in [-0.39, 0.29) is 31.7 Å². The molecule has 7 nitrogen and oxygen atoms in total. The maximum absolute atomic E-state index is 13.3. The van der Waals surface area contributed by atoms with Gasteiger partial charge in [-0.15, -0.1) is 32.9 Å². The first-order valence-electron chi connectivity index (χ1n) is 10.8. The Kier molecular flexibility index (Phi) is 7.28. The van der Waals surface area contributed by atoms with Crippen LogP contribution < -0.4 is 5.14 Å². The molecule has 5 rings (SSSR count). The number of halogens is 6. The third-order valence-corrected chi connectivity index (χ3v) is 9.02. The van der Waals surface area contributed by atoms with E-state index in [0.717, 1.165) is 28.0 Å². The summed E-state index contributed by atoms with van der Waals surface area (Å²) >= 11 is 3.36. The number of hydrogen-bond donors (Lipinski definition) is 1. The lowest BCUT2D eigenvalue weighted by Crippen LogP contribution is -2.12. The fraction of sp³-hybridized carbons (Fsp3) is 0.0870. The lowest BCUT2D eigenvalue weighted by atomic mass is 10.0. The van der Waals surface area contributed by atoms with Crippen LogP contribution in [0.2, 0.25) is 0 Å². The summed E-state index contributed by atoms with van der Waals surface area (Å²) in [6.45, 7) is 0. The molecule has 0 aliphatic heterocycles. The predicted molar refractivity (Wildman–Crippen MR) is 138 cm³/mol. The maximum atomic E-state index is 13.3. The number of benzene rings is 2. The Labute approximate surface area is 234 Å². The van der Waals surface area contributed by atoms with Gasteiger partial charge in [0.2, 0.25) is 15.2 Å². The average Bonchev–Trinajstić information content (AvgIpc) is 3.64. The van der Waals surface area contributed by atoms with Crippen LogP contribution in [0.5, 0.6) is 0 Å². The molecule has 3 heterocycles. The molecule has 0 saturated carbocycles. The molecule has 5 aromatic rings. The number of hydrogen-bond acceptors (Lipinski definition) is 8. The van der Waals surface area contributed by atoms with Crippen molar-refractivity contribution >= 4 is 44.5 Å². The van der Waals surface area contributed by atoms with Crippen molar-refractivity contribution in [1.29, 1.82) is 0 Å². The Bertz CT molecular complexity index is 1750. The Hall–Kier alpha value is -3.25. The number of rotatable bonds is 6. The van der Waals surface area contributed by atoms with Gasteiger partial charge in [0, 0.05) is 16.6 Å². The van der Waals surface area contributed by atoms with Crippen LogP contribution >= 0.6 is 34.4 Å². The largest absolute Gasteiger partial charge is 0.416 e. The number of sulfonamides is 1. The van der Waals surface area contributed by atoms with Gasteiger partial charge in [-0.1, -0.05) is 6.07 Å². The maximum Gasteiger partial charge on any atom is 0.416 e. The molecule has 2 aromatic carbocycles. The minimum Gasteiger partial charge on any atom is -0.269 e. The Morgan fingerprint density at radius 1 is 0.875 bits per heavy atom. The highest BCUT2D eigenvalue weighted by Gasteiger charge is 2.37. The van der Waals surface area contributed by atoms with Crippen LogP contribution in [0.25, 0.3) is 27.6 Å². The third kappa shape index (κ3) is 5.92. The first-order chi connectivity index (χ1) is 18.7. The van der Waals surface area contributed by atoms with Crippen molar-refractivity contribution in [3.8, 4) is 27.6 Å². The van der Waals surface area contributed by atoms with E-state index in [1.54, 1.807) is 16.7 Å². The summed E-state index contributed by atoms with van der Waals surface area (Å²) in [7, 11) is -3.94. The van der Waals surface area contributed by atoms with E-state index >= 15 is 0 Å². The number of primary sulfonamides is 1. The fourth-order valence-corrected chi connectivity index (χ4v) is 6.53. The van der Waals surface area contributed by atoms with Crippen LogP contribution in [0.4, 0.5) is 26.3 Å². The van der Waals surface area contributed by atoms with Crippen molar-refractivity contribution in [1.82, 2.24) is 19.7 Å². The molecule has 3 aromatic heterocycles. The lowest BCUT2D eigenvalue weighted by molar-refractivity contribution is -0.143. The number of nitrogens with zero attached hydrogens (tertiary/aromatic N) is 4. The number of thiazole rings is 1. The second-order valence-corrected chi connectivity index (χ2v) is 12.6. The summed E-state index contributed by atoms with van der Waals surface area (Å²) in [5.41, 5.74) is -2.82. The fourth-order valence-electron chi connectivity index (χ4n) is 3.54. The zero-order valence-corrected chi connectivity index (χ0v) is 22.7. The quantitative estimate of drug-likeness (QED) is 0.203. The molecule has 0 spiro atoms. The molecule has 0 radical (unpaired) electrons. The Balaban J connectivity index is 1.54. The zero-order valence-electron chi connectivity index (χ0n) is 19.4. The standard InChI is InChI=1S/C23H13F6N5O2S4/c24-22(25,26)13-8-12(9-14(10-13)23(27,28)29)17-11-38-21(31-17)39-20-33-32-19(18-2-1-7-37-18)34(20)15-3-5-16(6-4-15)40(30,35)36/h1-11H,(H2,30,35,36). The van der Waals surface area contributed by atoms with E-state index in [1.807, 2.05) is 5.38 Å². The Morgan fingerprint density at radius 3 is 2.08 bits per heavy atom. The molecule has 0 aliphatic carbocycles. The van der Waals surface area contributed by atoms with E-state index < -0.39 is 33.5 Å². The van der Waals surface area contributed by atoms with Crippen molar-refractivity contribution in [2.45, 2.75) is 26.7 Å². The summed E-state index contributed by atoms with van der Waals surface area (Å²) in [6.07, 6.45) is -9.98. The summed E-state index contributed by atoms with van der Waals surface area (Å²) < 4.78 is 105. The first kappa shape index (κ1) is 28.3. The summed E-state index contributed by atoms with van der Waals surface area (Å²) in [5, 5.41) is 17.1. The van der Waals surface area contributed by atoms with Gasteiger partial charge in [-0.25, -0.2) is 18.5 Å². The van der Waals surface area contributed by atoms with E-state index in [1.165, 1.54) is 41.0 Å². The molecule has 0 saturated heterocycles. The molecule has 0 fully saturated rings. The van der Waals surface area contributed by atoms with Crippen LogP contribution in [0, 0.1) is 0 Å². The van der Waals surface area contributed by atoms with Crippen LogP contribution in [0.15, 0.2) is 79.7 Å². The SMILES string of the molecule is NS(=O)(=O)c1ccc(-n2c(Sc3nc(-c4cc(C(F)(F)F)cc(C(F)(F)F)c4)cs3)nnc2-c2cccs2)cc1. The van der Waals surface area contributed by atoms with Crippen LogP contribution in [0.1, 0.15) is 11.1 Å². The molecule has 208 valence electrons. The highest BCUT2D eigenvalue weighted by Crippen LogP contribution is 2.41. The molecule has 0 unspecified atom stereocenters. The van der Waals surface area contributed by atoms with Crippen molar-refractivity contribution in [2.24, 2.45) is 5.14 Å². The number of nitrogens with two attached hydrogens (primary N) is 1. The van der Waals surface area contributed by atoms with Crippen molar-refractivity contribution in [3.05, 3.63) is 76.5 Å². The third-order valence-electron chi connectivity index (χ3n) is 5.34. The second kappa shape index (κ2) is 10.3. The van der Waals surface area contributed by atoms with Crippen LogP contribution in [-0.4, -0.2) is 28.2 Å². The number of aromatic nitrogens is 4.